The van der Waals surface area contributed by atoms with Gasteiger partial charge in [0.05, 0.1) is 10.5 Å². The molecule has 0 saturated heterocycles. The maximum Gasteiger partial charge on any atom is 0.242 e. The highest BCUT2D eigenvalue weighted by molar-refractivity contribution is 7.89. The predicted molar refractivity (Wildman–Crippen MR) is 70.5 cm³/mol. The smallest absolute Gasteiger partial charge is 0.208 e. The van der Waals surface area contributed by atoms with Crippen molar-refractivity contribution >= 4 is 10.0 Å². The molecule has 0 radical (unpaired) electrons. The van der Waals surface area contributed by atoms with Gasteiger partial charge >= 0.3 is 0 Å². The van der Waals surface area contributed by atoms with E-state index in [1.54, 1.807) is 12.1 Å². The van der Waals surface area contributed by atoms with E-state index in [0.29, 0.717) is 0 Å². The summed E-state index contributed by atoms with van der Waals surface area (Å²) in [7, 11) is -3.61. The van der Waals surface area contributed by atoms with E-state index in [0.717, 1.165) is 19.3 Å². The van der Waals surface area contributed by atoms with Crippen molar-refractivity contribution in [2.75, 3.05) is 0 Å². The molecule has 0 aromatic heterocycles. The lowest BCUT2D eigenvalue weighted by Gasteiger charge is -2.16. The Balaban J connectivity index is 3.03. The second kappa shape index (κ2) is 6.53. The van der Waals surface area contributed by atoms with Crippen LogP contribution in [0.5, 0.6) is 0 Å². The third-order valence-electron chi connectivity index (χ3n) is 2.75. The van der Waals surface area contributed by atoms with Gasteiger partial charge in [0.2, 0.25) is 10.0 Å². The summed E-state index contributed by atoms with van der Waals surface area (Å²) in [5.74, 6) is 0. The van der Waals surface area contributed by atoms with Crippen LogP contribution in [0.1, 0.15) is 38.7 Å². The third kappa shape index (κ3) is 3.56. The predicted octanol–water partition coefficient (Wildman–Crippen LogP) is 2.42. The monoisotopic (exact) mass is 266 g/mol. The minimum Gasteiger partial charge on any atom is -0.208 e. The van der Waals surface area contributed by atoms with E-state index >= 15 is 0 Å². The van der Waals surface area contributed by atoms with Crippen molar-refractivity contribution in [1.29, 1.82) is 5.26 Å². The molecule has 4 nitrogen and oxygen atoms in total. The van der Waals surface area contributed by atoms with Crippen molar-refractivity contribution in [3.05, 3.63) is 29.8 Å². The van der Waals surface area contributed by atoms with Crippen molar-refractivity contribution in [3.63, 3.8) is 0 Å². The number of benzene rings is 1. The Morgan fingerprint density at radius 2 is 2.00 bits per heavy atom. The average Bonchev–Trinajstić information content (AvgIpc) is 2.38. The molecule has 0 saturated carbocycles. The summed E-state index contributed by atoms with van der Waals surface area (Å²) in [6.45, 7) is 3.96. The fraction of sp³-hybridized carbons (Fsp3) is 0.462. The minimum absolute atomic E-state index is 0.0575. The Hall–Kier alpha value is -1.38. The number of rotatable bonds is 6. The molecule has 0 aliphatic heterocycles. The molecule has 1 atom stereocenters. The van der Waals surface area contributed by atoms with Gasteiger partial charge in [-0.05, 0) is 25.0 Å². The lowest BCUT2D eigenvalue weighted by atomic mass is 10.1. The van der Waals surface area contributed by atoms with Gasteiger partial charge in [0.15, 0.2) is 0 Å². The largest absolute Gasteiger partial charge is 0.242 e. The van der Waals surface area contributed by atoms with Gasteiger partial charge in [0.25, 0.3) is 0 Å². The van der Waals surface area contributed by atoms with Crippen LogP contribution in [0.2, 0.25) is 0 Å². The van der Waals surface area contributed by atoms with Gasteiger partial charge < -0.3 is 0 Å². The van der Waals surface area contributed by atoms with E-state index in [1.165, 1.54) is 12.1 Å². The molecule has 1 unspecified atom stereocenters. The Bertz CT molecular complexity index is 532. The van der Waals surface area contributed by atoms with Crippen LogP contribution in [0.25, 0.3) is 0 Å². The van der Waals surface area contributed by atoms with Crippen molar-refractivity contribution < 1.29 is 8.42 Å². The molecule has 98 valence electrons. The average molecular weight is 266 g/mol. The summed E-state index contributed by atoms with van der Waals surface area (Å²) in [5.41, 5.74) is 0.177. The normalized spacial score (nSPS) is 12.9. The van der Waals surface area contributed by atoms with Gasteiger partial charge in [-0.1, -0.05) is 32.4 Å². The molecule has 1 N–H and O–H groups in total. The molecular weight excluding hydrogens is 248 g/mol. The van der Waals surface area contributed by atoms with E-state index in [2.05, 4.69) is 4.72 Å². The SMILES string of the molecule is CCCC(CC)NS(=O)(=O)c1ccccc1C#N. The van der Waals surface area contributed by atoms with E-state index in [9.17, 15) is 8.42 Å². The lowest BCUT2D eigenvalue weighted by Crippen LogP contribution is -2.34. The number of nitriles is 1. The van der Waals surface area contributed by atoms with Crippen LogP contribution < -0.4 is 4.72 Å². The highest BCUT2D eigenvalue weighted by Crippen LogP contribution is 2.16. The molecular formula is C13H18N2O2S. The first-order valence-electron chi connectivity index (χ1n) is 6.06. The quantitative estimate of drug-likeness (QED) is 0.859. The van der Waals surface area contributed by atoms with Gasteiger partial charge in [-0.25, -0.2) is 13.1 Å². The van der Waals surface area contributed by atoms with Gasteiger partial charge in [0.1, 0.15) is 6.07 Å². The summed E-state index contributed by atoms with van der Waals surface area (Å²) in [5, 5.41) is 8.93. The van der Waals surface area contributed by atoms with Gasteiger partial charge in [0, 0.05) is 6.04 Å². The molecule has 0 spiro atoms. The Kier molecular flexibility index (Phi) is 5.32. The first kappa shape index (κ1) is 14.7. The zero-order valence-corrected chi connectivity index (χ0v) is 11.5. The Labute approximate surface area is 109 Å². The zero-order valence-electron chi connectivity index (χ0n) is 10.7. The fourth-order valence-electron chi connectivity index (χ4n) is 1.77. The Morgan fingerprint density at radius 1 is 1.33 bits per heavy atom. The number of nitrogens with one attached hydrogen (secondary N) is 1. The molecule has 18 heavy (non-hydrogen) atoms. The molecule has 0 amide bonds. The maximum absolute atomic E-state index is 12.2. The van der Waals surface area contributed by atoms with Gasteiger partial charge in [-0.2, -0.15) is 5.26 Å². The zero-order chi connectivity index (χ0) is 13.6. The van der Waals surface area contributed by atoms with E-state index in [1.807, 2.05) is 19.9 Å². The second-order valence-corrected chi connectivity index (χ2v) is 5.81. The van der Waals surface area contributed by atoms with E-state index in [4.69, 9.17) is 5.26 Å². The van der Waals surface area contributed by atoms with Crippen molar-refractivity contribution in [2.24, 2.45) is 0 Å². The van der Waals surface area contributed by atoms with Crippen molar-refractivity contribution in [3.8, 4) is 6.07 Å². The number of nitrogens with zero attached hydrogens (tertiary/aromatic N) is 1. The van der Waals surface area contributed by atoms with Crippen LogP contribution in [0.4, 0.5) is 0 Å². The standard InChI is InChI=1S/C13H18N2O2S/c1-3-7-12(4-2)15-18(16,17)13-9-6-5-8-11(13)10-14/h5-6,8-9,12,15H,3-4,7H2,1-2H3. The van der Waals surface area contributed by atoms with Crippen LogP contribution in [0.15, 0.2) is 29.2 Å². The molecule has 0 aliphatic carbocycles. The first-order valence-corrected chi connectivity index (χ1v) is 7.55. The number of hydrogen-bond acceptors (Lipinski definition) is 3. The summed E-state index contributed by atoms with van der Waals surface area (Å²) in [4.78, 5) is 0.0575. The minimum atomic E-state index is -3.61. The van der Waals surface area contributed by atoms with Crippen LogP contribution >= 0.6 is 0 Å². The molecule has 0 fully saturated rings. The Morgan fingerprint density at radius 3 is 2.56 bits per heavy atom. The summed E-state index contributed by atoms with van der Waals surface area (Å²) in [6.07, 6.45) is 2.45. The number of sulfonamides is 1. The highest BCUT2D eigenvalue weighted by atomic mass is 32.2. The molecule has 5 heteroatoms. The molecule has 0 aliphatic rings. The van der Waals surface area contributed by atoms with Crippen molar-refractivity contribution in [2.45, 2.75) is 44.0 Å². The highest BCUT2D eigenvalue weighted by Gasteiger charge is 2.21. The summed E-state index contributed by atoms with van der Waals surface area (Å²) < 4.78 is 27.0. The van der Waals surface area contributed by atoms with Gasteiger partial charge in [-0.15, -0.1) is 0 Å². The summed E-state index contributed by atoms with van der Waals surface area (Å²) in [6, 6.07) is 8.07. The van der Waals surface area contributed by atoms with Crippen LogP contribution in [-0.4, -0.2) is 14.5 Å². The first-order chi connectivity index (χ1) is 8.55. The van der Waals surface area contributed by atoms with Crippen LogP contribution in [0, 0.1) is 11.3 Å². The maximum atomic E-state index is 12.2. The second-order valence-electron chi connectivity index (χ2n) is 4.12. The molecule has 0 heterocycles. The molecule has 1 rings (SSSR count). The van der Waals surface area contributed by atoms with Crippen LogP contribution in [-0.2, 0) is 10.0 Å². The van der Waals surface area contributed by atoms with Gasteiger partial charge in [-0.3, -0.25) is 0 Å². The van der Waals surface area contributed by atoms with Crippen LogP contribution in [0.3, 0.4) is 0 Å². The topological polar surface area (TPSA) is 70.0 Å². The molecule has 1 aromatic carbocycles. The van der Waals surface area contributed by atoms with E-state index < -0.39 is 10.0 Å². The lowest BCUT2D eigenvalue weighted by molar-refractivity contribution is 0.512. The molecule has 0 bridgehead atoms. The van der Waals surface area contributed by atoms with Crippen molar-refractivity contribution in [1.82, 2.24) is 4.72 Å². The van der Waals surface area contributed by atoms with E-state index in [-0.39, 0.29) is 16.5 Å². The third-order valence-corrected chi connectivity index (χ3v) is 4.33. The molecule has 1 aromatic rings. The summed E-state index contributed by atoms with van der Waals surface area (Å²) >= 11 is 0. The fourth-order valence-corrected chi connectivity index (χ4v) is 3.28. The number of hydrogen-bond donors (Lipinski definition) is 1.